The van der Waals surface area contributed by atoms with E-state index in [1.807, 2.05) is 0 Å². The van der Waals surface area contributed by atoms with Gasteiger partial charge in [-0.25, -0.2) is 17.6 Å². The summed E-state index contributed by atoms with van der Waals surface area (Å²) in [5, 5.41) is 2.41. The predicted octanol–water partition coefficient (Wildman–Crippen LogP) is 3.86. The van der Waals surface area contributed by atoms with Crippen LogP contribution in [0.15, 0.2) is 36.4 Å². The van der Waals surface area contributed by atoms with Crippen LogP contribution in [0.1, 0.15) is 5.56 Å². The molecule has 2 rings (SSSR count). The number of hydrogen-bond acceptors (Lipinski definition) is 1. The molecule has 0 spiro atoms. The van der Waals surface area contributed by atoms with Gasteiger partial charge in [0, 0.05) is 24.2 Å². The Labute approximate surface area is 101 Å². The third-order valence-corrected chi connectivity index (χ3v) is 2.42. The zero-order chi connectivity index (χ0) is 13.1. The standard InChI is InChI=1S/C13H9F4N/c14-9-5-11(16)13(12(17)6-9)18-7-8-3-1-2-4-10(8)15/h1-6,18H,7H2. The smallest absolute Gasteiger partial charge is 0.152 e. The first-order valence-electron chi connectivity index (χ1n) is 5.20. The van der Waals surface area contributed by atoms with E-state index in [4.69, 9.17) is 0 Å². The Hall–Kier alpha value is -2.04. The Kier molecular flexibility index (Phi) is 3.50. The zero-order valence-corrected chi connectivity index (χ0v) is 9.18. The molecule has 0 unspecified atom stereocenters. The molecule has 18 heavy (non-hydrogen) atoms. The molecular weight excluding hydrogens is 246 g/mol. The fourth-order valence-corrected chi connectivity index (χ4v) is 1.54. The largest absolute Gasteiger partial charge is 0.376 e. The van der Waals surface area contributed by atoms with Crippen molar-refractivity contribution in [1.29, 1.82) is 0 Å². The SMILES string of the molecule is Fc1cc(F)c(NCc2ccccc2F)c(F)c1. The number of anilines is 1. The molecule has 0 atom stereocenters. The second-order valence-corrected chi connectivity index (χ2v) is 3.69. The molecule has 0 heterocycles. The molecule has 0 radical (unpaired) electrons. The van der Waals surface area contributed by atoms with Crippen molar-refractivity contribution in [3.05, 3.63) is 65.2 Å². The van der Waals surface area contributed by atoms with Crippen LogP contribution in [0.3, 0.4) is 0 Å². The highest BCUT2D eigenvalue weighted by Gasteiger charge is 2.11. The quantitative estimate of drug-likeness (QED) is 0.821. The first-order valence-corrected chi connectivity index (χ1v) is 5.20. The van der Waals surface area contributed by atoms with E-state index >= 15 is 0 Å². The van der Waals surface area contributed by atoms with Gasteiger partial charge in [0.1, 0.15) is 17.3 Å². The van der Waals surface area contributed by atoms with Crippen molar-refractivity contribution >= 4 is 5.69 Å². The third kappa shape index (κ3) is 2.61. The van der Waals surface area contributed by atoms with Gasteiger partial charge in [-0.15, -0.1) is 0 Å². The van der Waals surface area contributed by atoms with E-state index in [0.29, 0.717) is 12.1 Å². The van der Waals surface area contributed by atoms with Crippen molar-refractivity contribution in [2.24, 2.45) is 0 Å². The fraction of sp³-hybridized carbons (Fsp3) is 0.0769. The monoisotopic (exact) mass is 255 g/mol. The summed E-state index contributed by atoms with van der Waals surface area (Å²) in [6.45, 7) is -0.0911. The predicted molar refractivity (Wildman–Crippen MR) is 60.0 cm³/mol. The van der Waals surface area contributed by atoms with Crippen LogP contribution in [0, 0.1) is 23.3 Å². The van der Waals surface area contributed by atoms with E-state index < -0.39 is 29.0 Å². The highest BCUT2D eigenvalue weighted by atomic mass is 19.1. The minimum atomic E-state index is -1.05. The van der Waals surface area contributed by atoms with Crippen molar-refractivity contribution in [3.8, 4) is 0 Å². The first kappa shape index (κ1) is 12.4. The van der Waals surface area contributed by atoms with E-state index in [2.05, 4.69) is 5.32 Å². The first-order chi connectivity index (χ1) is 8.58. The molecule has 5 heteroatoms. The number of benzene rings is 2. The lowest BCUT2D eigenvalue weighted by molar-refractivity contribution is 0.546. The van der Waals surface area contributed by atoms with Crippen molar-refractivity contribution in [2.45, 2.75) is 6.54 Å². The second-order valence-electron chi connectivity index (χ2n) is 3.69. The molecule has 0 aliphatic rings. The van der Waals surface area contributed by atoms with Crippen LogP contribution in [-0.2, 0) is 6.54 Å². The van der Waals surface area contributed by atoms with Crippen LogP contribution in [0.5, 0.6) is 0 Å². The molecule has 2 aromatic rings. The summed E-state index contributed by atoms with van der Waals surface area (Å²) in [5.74, 6) is -3.58. The fourth-order valence-electron chi connectivity index (χ4n) is 1.54. The maximum Gasteiger partial charge on any atom is 0.152 e. The Morgan fingerprint density at radius 2 is 1.44 bits per heavy atom. The molecule has 94 valence electrons. The van der Waals surface area contributed by atoms with Crippen molar-refractivity contribution in [2.75, 3.05) is 5.32 Å². The van der Waals surface area contributed by atoms with E-state index in [0.717, 1.165) is 0 Å². The summed E-state index contributed by atoms with van der Waals surface area (Å²) in [5.41, 5.74) is -0.208. The molecule has 0 aliphatic carbocycles. The van der Waals surface area contributed by atoms with Gasteiger partial charge in [0.2, 0.25) is 0 Å². The molecule has 0 aromatic heterocycles. The maximum absolute atomic E-state index is 13.3. The van der Waals surface area contributed by atoms with Gasteiger partial charge < -0.3 is 5.32 Å². The van der Waals surface area contributed by atoms with Crippen molar-refractivity contribution in [1.82, 2.24) is 0 Å². The lowest BCUT2D eigenvalue weighted by Gasteiger charge is -2.09. The van der Waals surface area contributed by atoms with Crippen LogP contribution >= 0.6 is 0 Å². The Morgan fingerprint density at radius 3 is 2.06 bits per heavy atom. The molecule has 0 aliphatic heterocycles. The van der Waals surface area contributed by atoms with Gasteiger partial charge in [-0.3, -0.25) is 0 Å². The minimum absolute atomic E-state index is 0.0911. The van der Waals surface area contributed by atoms with Crippen molar-refractivity contribution < 1.29 is 17.6 Å². The van der Waals surface area contributed by atoms with Crippen LogP contribution in [0.25, 0.3) is 0 Å². The maximum atomic E-state index is 13.3. The lowest BCUT2D eigenvalue weighted by Crippen LogP contribution is -2.05. The van der Waals surface area contributed by atoms with Crippen LogP contribution in [-0.4, -0.2) is 0 Å². The molecule has 2 aromatic carbocycles. The van der Waals surface area contributed by atoms with Gasteiger partial charge in [0.15, 0.2) is 11.6 Å². The highest BCUT2D eigenvalue weighted by molar-refractivity contribution is 5.47. The van der Waals surface area contributed by atoms with Gasteiger partial charge in [0.25, 0.3) is 0 Å². The highest BCUT2D eigenvalue weighted by Crippen LogP contribution is 2.21. The number of rotatable bonds is 3. The third-order valence-electron chi connectivity index (χ3n) is 2.42. The molecular formula is C13H9F4N. The van der Waals surface area contributed by atoms with Gasteiger partial charge in [-0.2, -0.15) is 0 Å². The van der Waals surface area contributed by atoms with E-state index in [1.165, 1.54) is 18.2 Å². The molecule has 1 nitrogen and oxygen atoms in total. The van der Waals surface area contributed by atoms with Gasteiger partial charge in [-0.1, -0.05) is 18.2 Å². The van der Waals surface area contributed by atoms with E-state index in [9.17, 15) is 17.6 Å². The number of hydrogen-bond donors (Lipinski definition) is 1. The summed E-state index contributed by atoms with van der Waals surface area (Å²) in [6.07, 6.45) is 0. The average molecular weight is 255 g/mol. The van der Waals surface area contributed by atoms with Crippen LogP contribution in [0.4, 0.5) is 23.2 Å². The lowest BCUT2D eigenvalue weighted by atomic mass is 10.2. The summed E-state index contributed by atoms with van der Waals surface area (Å²) >= 11 is 0. The Bertz CT molecular complexity index is 546. The molecule has 0 fully saturated rings. The van der Waals surface area contributed by atoms with Crippen LogP contribution < -0.4 is 5.32 Å². The number of nitrogens with one attached hydrogen (secondary N) is 1. The summed E-state index contributed by atoms with van der Waals surface area (Å²) < 4.78 is 52.5. The molecule has 1 N–H and O–H groups in total. The van der Waals surface area contributed by atoms with Crippen LogP contribution in [0.2, 0.25) is 0 Å². The summed E-state index contributed by atoms with van der Waals surface area (Å²) in [7, 11) is 0. The number of halogens is 4. The zero-order valence-electron chi connectivity index (χ0n) is 9.18. The summed E-state index contributed by atoms with van der Waals surface area (Å²) in [6, 6.07) is 6.98. The average Bonchev–Trinajstić information content (AvgIpc) is 2.30. The van der Waals surface area contributed by atoms with E-state index in [1.54, 1.807) is 6.07 Å². The molecule has 0 bridgehead atoms. The van der Waals surface area contributed by atoms with Gasteiger partial charge >= 0.3 is 0 Å². The van der Waals surface area contributed by atoms with Gasteiger partial charge in [0.05, 0.1) is 0 Å². The van der Waals surface area contributed by atoms with Crippen molar-refractivity contribution in [3.63, 3.8) is 0 Å². The molecule has 0 saturated carbocycles. The minimum Gasteiger partial charge on any atom is -0.376 e. The molecule has 0 amide bonds. The topological polar surface area (TPSA) is 12.0 Å². The Morgan fingerprint density at radius 1 is 0.833 bits per heavy atom. The normalized spacial score (nSPS) is 10.4. The van der Waals surface area contributed by atoms with Gasteiger partial charge in [-0.05, 0) is 6.07 Å². The van der Waals surface area contributed by atoms with E-state index in [-0.39, 0.29) is 12.1 Å². The Balaban J connectivity index is 2.19. The second kappa shape index (κ2) is 5.08. The summed E-state index contributed by atoms with van der Waals surface area (Å²) in [4.78, 5) is 0. The molecule has 0 saturated heterocycles.